The van der Waals surface area contributed by atoms with Crippen LogP contribution in [-0.4, -0.2) is 16.9 Å². The molecule has 0 fully saturated rings. The van der Waals surface area contributed by atoms with Gasteiger partial charge in [0, 0.05) is 28.8 Å². The summed E-state index contributed by atoms with van der Waals surface area (Å²) in [5.41, 5.74) is 8.06. The Bertz CT molecular complexity index is 616. The Morgan fingerprint density at radius 1 is 1.29 bits per heavy atom. The van der Waals surface area contributed by atoms with Crippen molar-refractivity contribution in [2.45, 2.75) is 46.1 Å². The highest BCUT2D eigenvalue weighted by Crippen LogP contribution is 2.21. The summed E-state index contributed by atoms with van der Waals surface area (Å²) in [4.78, 5) is 15.5. The molecule has 4 N–H and O–H groups in total. The number of anilines is 1. The van der Waals surface area contributed by atoms with Crippen LogP contribution in [0.1, 0.15) is 50.4 Å². The molecular weight excluding hydrogens is 262 g/mol. The quantitative estimate of drug-likeness (QED) is 0.709. The lowest BCUT2D eigenvalue weighted by Crippen LogP contribution is -2.32. The first-order chi connectivity index (χ1) is 9.97. The van der Waals surface area contributed by atoms with Crippen molar-refractivity contribution in [1.82, 2.24) is 10.3 Å². The van der Waals surface area contributed by atoms with Crippen LogP contribution in [0.5, 0.6) is 0 Å². The molecule has 0 aliphatic heterocycles. The first-order valence-electron chi connectivity index (χ1n) is 7.65. The maximum atomic E-state index is 12.4. The second-order valence-electron chi connectivity index (χ2n) is 6.21. The second-order valence-corrected chi connectivity index (χ2v) is 6.21. The molecule has 4 heteroatoms. The molecule has 0 aliphatic rings. The minimum Gasteiger partial charge on any atom is -0.399 e. The predicted octanol–water partition coefficient (Wildman–Crippen LogP) is 3.69. The Balaban J connectivity index is 2.00. The molecule has 1 atom stereocenters. The van der Waals surface area contributed by atoms with Crippen molar-refractivity contribution in [1.29, 1.82) is 0 Å². The number of nitrogen functional groups attached to an aromatic ring is 1. The van der Waals surface area contributed by atoms with Gasteiger partial charge in [-0.2, -0.15) is 0 Å². The lowest BCUT2D eigenvalue weighted by atomic mass is 10.0. The summed E-state index contributed by atoms with van der Waals surface area (Å²) >= 11 is 0. The van der Waals surface area contributed by atoms with Crippen molar-refractivity contribution >= 4 is 22.5 Å². The summed E-state index contributed by atoms with van der Waals surface area (Å²) in [6.07, 6.45) is 5.10. The molecule has 0 bridgehead atoms. The number of rotatable bonds is 6. The summed E-state index contributed by atoms with van der Waals surface area (Å²) in [7, 11) is 0. The Morgan fingerprint density at radius 2 is 2.05 bits per heavy atom. The van der Waals surface area contributed by atoms with Gasteiger partial charge in [0.15, 0.2) is 0 Å². The summed E-state index contributed by atoms with van der Waals surface area (Å²) in [6.45, 7) is 6.50. The Morgan fingerprint density at radius 3 is 2.76 bits per heavy atom. The fourth-order valence-electron chi connectivity index (χ4n) is 2.53. The van der Waals surface area contributed by atoms with Gasteiger partial charge in [0.25, 0.3) is 5.91 Å². The molecule has 21 heavy (non-hydrogen) atoms. The normalized spacial score (nSPS) is 12.8. The Kier molecular flexibility index (Phi) is 4.89. The standard InChI is InChI=1S/C17H25N3O/c1-11(2)5-4-6-12(3)20-17(21)15-10-19-16-8-7-13(18)9-14(15)16/h7-12,19H,4-6,18H2,1-3H3,(H,20,21). The molecule has 1 unspecified atom stereocenters. The van der Waals surface area contributed by atoms with Gasteiger partial charge in [-0.3, -0.25) is 4.79 Å². The van der Waals surface area contributed by atoms with Crippen molar-refractivity contribution in [2.24, 2.45) is 5.92 Å². The van der Waals surface area contributed by atoms with E-state index in [0.717, 1.165) is 23.7 Å². The van der Waals surface area contributed by atoms with Crippen LogP contribution in [0.25, 0.3) is 10.9 Å². The van der Waals surface area contributed by atoms with Gasteiger partial charge >= 0.3 is 0 Å². The first-order valence-corrected chi connectivity index (χ1v) is 7.65. The third-order valence-corrected chi connectivity index (χ3v) is 3.75. The van der Waals surface area contributed by atoms with Crippen LogP contribution in [0.4, 0.5) is 5.69 Å². The van der Waals surface area contributed by atoms with E-state index >= 15 is 0 Å². The number of hydrogen-bond donors (Lipinski definition) is 3. The molecule has 1 aromatic carbocycles. The fourth-order valence-corrected chi connectivity index (χ4v) is 2.53. The van der Waals surface area contributed by atoms with E-state index in [1.165, 1.54) is 6.42 Å². The van der Waals surface area contributed by atoms with Gasteiger partial charge in [-0.15, -0.1) is 0 Å². The molecule has 0 aliphatic carbocycles. The number of amides is 1. The largest absolute Gasteiger partial charge is 0.399 e. The number of carbonyl (C=O) groups excluding carboxylic acids is 1. The summed E-state index contributed by atoms with van der Waals surface area (Å²) in [5.74, 6) is 0.674. The van der Waals surface area contributed by atoms with Gasteiger partial charge in [-0.25, -0.2) is 0 Å². The number of nitrogens with one attached hydrogen (secondary N) is 2. The van der Waals surface area contributed by atoms with Crippen LogP contribution < -0.4 is 11.1 Å². The van der Waals surface area contributed by atoms with Crippen LogP contribution in [0, 0.1) is 5.92 Å². The highest BCUT2D eigenvalue weighted by Gasteiger charge is 2.14. The number of nitrogens with two attached hydrogens (primary N) is 1. The highest BCUT2D eigenvalue weighted by molar-refractivity contribution is 6.07. The van der Waals surface area contributed by atoms with Crippen molar-refractivity contribution in [2.75, 3.05) is 5.73 Å². The number of carbonyl (C=O) groups is 1. The maximum absolute atomic E-state index is 12.4. The summed E-state index contributed by atoms with van der Waals surface area (Å²) < 4.78 is 0. The van der Waals surface area contributed by atoms with E-state index in [1.807, 2.05) is 18.2 Å². The van der Waals surface area contributed by atoms with E-state index in [0.29, 0.717) is 17.2 Å². The predicted molar refractivity (Wildman–Crippen MR) is 88.3 cm³/mol. The average Bonchev–Trinajstić information content (AvgIpc) is 2.81. The van der Waals surface area contributed by atoms with Gasteiger partial charge in [-0.1, -0.05) is 26.7 Å². The molecule has 0 spiro atoms. The van der Waals surface area contributed by atoms with Crippen molar-refractivity contribution in [3.8, 4) is 0 Å². The number of H-pyrrole nitrogens is 1. The van der Waals surface area contributed by atoms with Crippen LogP contribution in [0.2, 0.25) is 0 Å². The average molecular weight is 287 g/mol. The van der Waals surface area contributed by atoms with Crippen LogP contribution in [0.15, 0.2) is 24.4 Å². The van der Waals surface area contributed by atoms with E-state index in [1.54, 1.807) is 6.20 Å². The van der Waals surface area contributed by atoms with E-state index in [-0.39, 0.29) is 11.9 Å². The zero-order valence-corrected chi connectivity index (χ0v) is 13.1. The minimum atomic E-state index is -0.0381. The third-order valence-electron chi connectivity index (χ3n) is 3.75. The lowest BCUT2D eigenvalue weighted by molar-refractivity contribution is 0.0939. The monoisotopic (exact) mass is 287 g/mol. The Hall–Kier alpha value is -1.97. The van der Waals surface area contributed by atoms with Crippen molar-refractivity contribution in [3.05, 3.63) is 30.0 Å². The number of benzene rings is 1. The highest BCUT2D eigenvalue weighted by atomic mass is 16.1. The van der Waals surface area contributed by atoms with Gasteiger partial charge in [0.2, 0.25) is 0 Å². The SMILES string of the molecule is CC(C)CCCC(C)NC(=O)c1c[nH]c2ccc(N)cc12. The first kappa shape index (κ1) is 15.4. The van der Waals surface area contributed by atoms with Crippen LogP contribution in [-0.2, 0) is 0 Å². The summed E-state index contributed by atoms with van der Waals surface area (Å²) in [6, 6.07) is 5.74. The number of aromatic nitrogens is 1. The minimum absolute atomic E-state index is 0.0381. The van der Waals surface area contributed by atoms with Gasteiger partial charge in [0.1, 0.15) is 0 Å². The van der Waals surface area contributed by atoms with Crippen LogP contribution >= 0.6 is 0 Å². The molecule has 0 saturated carbocycles. The van der Waals surface area contributed by atoms with Crippen molar-refractivity contribution < 1.29 is 4.79 Å². The molecule has 1 heterocycles. The molecule has 2 rings (SSSR count). The van der Waals surface area contributed by atoms with E-state index in [2.05, 4.69) is 31.1 Å². The third kappa shape index (κ3) is 4.00. The number of aromatic amines is 1. The topological polar surface area (TPSA) is 70.9 Å². The smallest absolute Gasteiger partial charge is 0.253 e. The number of hydrogen-bond acceptors (Lipinski definition) is 2. The second kappa shape index (κ2) is 6.66. The van der Waals surface area contributed by atoms with E-state index < -0.39 is 0 Å². The Labute approximate surface area is 126 Å². The molecule has 2 aromatic rings. The van der Waals surface area contributed by atoms with Crippen LogP contribution in [0.3, 0.4) is 0 Å². The molecule has 4 nitrogen and oxygen atoms in total. The van der Waals surface area contributed by atoms with Crippen molar-refractivity contribution in [3.63, 3.8) is 0 Å². The molecule has 114 valence electrons. The maximum Gasteiger partial charge on any atom is 0.253 e. The van der Waals surface area contributed by atoms with E-state index in [9.17, 15) is 4.79 Å². The molecule has 0 saturated heterocycles. The van der Waals surface area contributed by atoms with Gasteiger partial charge < -0.3 is 16.0 Å². The van der Waals surface area contributed by atoms with Gasteiger partial charge in [-0.05, 0) is 37.5 Å². The molecular formula is C17H25N3O. The van der Waals surface area contributed by atoms with E-state index in [4.69, 9.17) is 5.73 Å². The lowest BCUT2D eigenvalue weighted by Gasteiger charge is -2.14. The van der Waals surface area contributed by atoms with Gasteiger partial charge in [0.05, 0.1) is 5.56 Å². The molecule has 0 radical (unpaired) electrons. The fraction of sp³-hybridized carbons (Fsp3) is 0.471. The molecule has 1 aromatic heterocycles. The zero-order valence-electron chi connectivity index (χ0n) is 13.1. The zero-order chi connectivity index (χ0) is 15.4. The summed E-state index contributed by atoms with van der Waals surface area (Å²) in [5, 5.41) is 3.94. The number of fused-ring (bicyclic) bond motifs is 1. The molecule has 1 amide bonds.